The number of aliphatic hydroxyl groups excluding tert-OH is 1. The third-order valence-corrected chi connectivity index (χ3v) is 9.46. The first-order valence-electron chi connectivity index (χ1n) is 13.3. The first kappa shape index (κ1) is 29.0. The number of rotatable bonds is 9. The summed E-state index contributed by atoms with van der Waals surface area (Å²) in [6.45, 7) is -0.0856. The van der Waals surface area contributed by atoms with Crippen molar-refractivity contribution >= 4 is 44.8 Å². The number of aryl methyl sites for hydroxylation is 1. The summed E-state index contributed by atoms with van der Waals surface area (Å²) < 4.78 is 28.0. The van der Waals surface area contributed by atoms with E-state index in [1.165, 1.54) is 22.1 Å². The number of allylic oxidation sites excluding steroid dienone is 3. The number of benzene rings is 1. The first-order valence-corrected chi connectivity index (χ1v) is 15.5. The molecule has 0 fully saturated rings. The number of aromatic nitrogens is 1. The molecular weight excluding hydrogens is 578 g/mol. The van der Waals surface area contributed by atoms with E-state index < -0.39 is 10.0 Å². The lowest BCUT2D eigenvalue weighted by Crippen LogP contribution is -2.41. The fourth-order valence-electron chi connectivity index (χ4n) is 5.07. The minimum Gasteiger partial charge on any atom is -0.395 e. The van der Waals surface area contributed by atoms with Gasteiger partial charge >= 0.3 is 0 Å². The molecule has 3 aromatic rings. The van der Waals surface area contributed by atoms with Crippen molar-refractivity contribution in [1.82, 2.24) is 20.0 Å². The van der Waals surface area contributed by atoms with E-state index in [4.69, 9.17) is 23.8 Å². The molecule has 5 rings (SSSR count). The molecule has 0 amide bonds. The van der Waals surface area contributed by atoms with Gasteiger partial charge in [0, 0.05) is 24.8 Å². The van der Waals surface area contributed by atoms with Crippen LogP contribution in [0.2, 0.25) is 5.02 Å². The Morgan fingerprint density at radius 2 is 2.05 bits per heavy atom. The topological polar surface area (TPSA) is 107 Å². The molecule has 1 heterocycles. The molecule has 8 nitrogen and oxygen atoms in total. The molecule has 2 aromatic carbocycles. The Morgan fingerprint density at radius 1 is 1.20 bits per heavy atom. The zero-order chi connectivity index (χ0) is 28.8. The molecule has 11 heteroatoms. The maximum Gasteiger partial charge on any atom is 0.244 e. The molecule has 2 aliphatic rings. The minimum absolute atomic E-state index is 0.0202. The van der Waals surface area contributed by atoms with E-state index in [9.17, 15) is 13.5 Å². The summed E-state index contributed by atoms with van der Waals surface area (Å²) in [5.41, 5.74) is 10.3. The van der Waals surface area contributed by atoms with Crippen LogP contribution in [0.5, 0.6) is 0 Å². The maximum atomic E-state index is 13.4. The second-order valence-corrected chi connectivity index (χ2v) is 12.5. The molecule has 0 saturated heterocycles. The monoisotopic (exact) mass is 607 g/mol. The van der Waals surface area contributed by atoms with Crippen molar-refractivity contribution in [3.05, 3.63) is 112 Å². The van der Waals surface area contributed by atoms with Gasteiger partial charge in [0.25, 0.3) is 0 Å². The summed E-state index contributed by atoms with van der Waals surface area (Å²) >= 11 is 12.0. The van der Waals surface area contributed by atoms with Gasteiger partial charge < -0.3 is 10.4 Å². The van der Waals surface area contributed by atoms with Crippen LogP contribution in [0, 0.1) is 18.1 Å². The minimum atomic E-state index is -3.94. The summed E-state index contributed by atoms with van der Waals surface area (Å²) in [7, 11) is -3.94. The lowest BCUT2D eigenvalue weighted by Gasteiger charge is -2.25. The van der Waals surface area contributed by atoms with Crippen LogP contribution in [-0.4, -0.2) is 47.6 Å². The van der Waals surface area contributed by atoms with E-state index >= 15 is 0 Å². The molecule has 4 N–H and O–H groups in total. The predicted octanol–water partition coefficient (Wildman–Crippen LogP) is 4.13. The van der Waals surface area contributed by atoms with Gasteiger partial charge in [-0.15, -0.1) is 0 Å². The molecule has 0 aliphatic heterocycles. The Morgan fingerprint density at radius 3 is 2.83 bits per heavy atom. The number of pyridine rings is 1. The van der Waals surface area contributed by atoms with Gasteiger partial charge in [0.05, 0.1) is 17.7 Å². The predicted molar refractivity (Wildman–Crippen MR) is 164 cm³/mol. The van der Waals surface area contributed by atoms with Crippen molar-refractivity contribution in [1.29, 1.82) is 0 Å². The number of halogens is 1. The van der Waals surface area contributed by atoms with E-state index in [0.29, 0.717) is 5.11 Å². The number of fused-ring (bicyclic) bond motifs is 2. The summed E-state index contributed by atoms with van der Waals surface area (Å²) in [6.07, 6.45) is 11.5. The van der Waals surface area contributed by atoms with Crippen LogP contribution in [0.3, 0.4) is 0 Å². The Labute approximate surface area is 251 Å². The summed E-state index contributed by atoms with van der Waals surface area (Å²) in [6, 6.07) is 19.6. The number of hydrogen-bond donors (Lipinski definition) is 4. The van der Waals surface area contributed by atoms with Crippen molar-refractivity contribution in [3.63, 3.8) is 0 Å². The van der Waals surface area contributed by atoms with Gasteiger partial charge in [-0.3, -0.25) is 10.9 Å². The zero-order valence-corrected chi connectivity index (χ0v) is 24.6. The zero-order valence-electron chi connectivity index (χ0n) is 22.2. The Balaban J connectivity index is 1.28. The highest BCUT2D eigenvalue weighted by molar-refractivity contribution is 7.89. The Bertz CT molecular complexity index is 1530. The van der Waals surface area contributed by atoms with E-state index in [-0.39, 0.29) is 47.4 Å². The summed E-state index contributed by atoms with van der Waals surface area (Å²) in [5.74, 6) is 0.236. The molecule has 2 atom stereocenters. The largest absolute Gasteiger partial charge is 0.395 e. The van der Waals surface area contributed by atoms with Gasteiger partial charge in [-0.1, -0.05) is 72.3 Å². The van der Waals surface area contributed by atoms with Crippen LogP contribution in [-0.2, 0) is 22.9 Å². The lowest BCUT2D eigenvalue weighted by molar-refractivity contribution is 0.245. The molecular formula is C30H30ClN5O3S2. The molecule has 1 aromatic heterocycles. The van der Waals surface area contributed by atoms with Gasteiger partial charge in [0.2, 0.25) is 10.0 Å². The van der Waals surface area contributed by atoms with Crippen molar-refractivity contribution in [3.8, 4) is 0 Å². The smallest absolute Gasteiger partial charge is 0.244 e. The number of nitrogens with one attached hydrogen (secondary N) is 3. The average molecular weight is 608 g/mol. The van der Waals surface area contributed by atoms with Crippen LogP contribution in [0.15, 0.2) is 77.9 Å². The number of hydrazine groups is 1. The van der Waals surface area contributed by atoms with E-state index in [2.05, 4.69) is 45.4 Å². The number of aliphatic hydroxyl groups is 1. The fourth-order valence-corrected chi connectivity index (χ4v) is 6.98. The highest BCUT2D eigenvalue weighted by atomic mass is 35.5. The van der Waals surface area contributed by atoms with Crippen LogP contribution >= 0.6 is 23.8 Å². The number of anilines is 1. The Hall–Kier alpha value is -3.46. The molecule has 2 aliphatic carbocycles. The quantitative estimate of drug-likeness (QED) is 0.213. The third kappa shape index (κ3) is 6.72. The second-order valence-electron chi connectivity index (χ2n) is 9.79. The first-order chi connectivity index (χ1) is 19.9. The molecule has 0 radical (unpaired) electrons. The SMILES string of the molecule is O=S(=O)(c1cnc(NNC(=S)NC2c3ccc#cc3CCc3ccccc32)c(Cl)c1)N(CCO)CC1C=CC=CC1. The van der Waals surface area contributed by atoms with Crippen LogP contribution in [0.1, 0.15) is 34.7 Å². The number of sulfonamides is 1. The average Bonchev–Trinajstić information content (AvgIpc) is 3.14. The van der Waals surface area contributed by atoms with Gasteiger partial charge in [-0.2, -0.15) is 4.31 Å². The molecule has 2 unspecified atom stereocenters. The Kier molecular flexibility index (Phi) is 9.22. The van der Waals surface area contributed by atoms with Crippen molar-refractivity contribution < 1.29 is 13.5 Å². The van der Waals surface area contributed by atoms with E-state index in [1.54, 1.807) is 0 Å². The fraction of sp³-hybridized carbons (Fsp3) is 0.267. The molecule has 41 heavy (non-hydrogen) atoms. The number of thiocarbonyl (C=S) groups is 1. The summed E-state index contributed by atoms with van der Waals surface area (Å²) in [5, 5.41) is 13.3. The second kappa shape index (κ2) is 13.0. The lowest BCUT2D eigenvalue weighted by atomic mass is 9.95. The van der Waals surface area contributed by atoms with Gasteiger partial charge in [-0.05, 0) is 72.3 Å². The van der Waals surface area contributed by atoms with Gasteiger partial charge in [0.1, 0.15) is 4.90 Å². The number of nitrogens with zero attached hydrogens (tertiary/aromatic N) is 2. The van der Waals surface area contributed by atoms with Gasteiger partial charge in [0.15, 0.2) is 10.9 Å². The van der Waals surface area contributed by atoms with Gasteiger partial charge in [-0.25, -0.2) is 13.4 Å². The van der Waals surface area contributed by atoms with Crippen LogP contribution in [0.4, 0.5) is 5.82 Å². The van der Waals surface area contributed by atoms with Crippen molar-refractivity contribution in [2.75, 3.05) is 25.1 Å². The normalized spacial score (nSPS) is 16.3. The van der Waals surface area contributed by atoms with E-state index in [0.717, 1.165) is 36.0 Å². The third-order valence-electron chi connectivity index (χ3n) is 7.12. The molecule has 212 valence electrons. The molecule has 0 bridgehead atoms. The van der Waals surface area contributed by atoms with Crippen molar-refractivity contribution in [2.24, 2.45) is 5.92 Å². The highest BCUT2D eigenvalue weighted by Crippen LogP contribution is 2.32. The van der Waals surface area contributed by atoms with E-state index in [1.807, 2.05) is 48.6 Å². The highest BCUT2D eigenvalue weighted by Gasteiger charge is 2.28. The molecule has 0 saturated carbocycles. The standard InChI is InChI=1S/C30H30ClN5O3S2/c31-27-18-24(41(38,39)36(16-17-37)20-21-8-2-1-3-9-21)19-32-29(27)34-35-30(40)33-28-25-12-6-4-10-22(25)14-15-23-11-5-7-13-26(23)28/h1-4,6-8,10,12-13,18-19,21,28,37H,9,14-17,20H2,(H,32,34)(H2,33,35,40). The number of hydrogen-bond acceptors (Lipinski definition) is 6. The van der Waals surface area contributed by atoms with Crippen molar-refractivity contribution in [2.45, 2.75) is 30.2 Å². The van der Waals surface area contributed by atoms with Crippen LogP contribution < -0.4 is 16.2 Å². The maximum absolute atomic E-state index is 13.4. The summed E-state index contributed by atoms with van der Waals surface area (Å²) in [4.78, 5) is 4.19. The molecule has 0 spiro atoms. The van der Waals surface area contributed by atoms with Crippen LogP contribution in [0.25, 0.3) is 0 Å².